The van der Waals surface area contributed by atoms with Crippen LogP contribution in [0.25, 0.3) is 0 Å². The Balaban J connectivity index is 1.93. The molecule has 20 heavy (non-hydrogen) atoms. The molecule has 1 amide bonds. The highest BCUT2D eigenvalue weighted by molar-refractivity contribution is 8.00. The molecule has 114 valence electrons. The summed E-state index contributed by atoms with van der Waals surface area (Å²) >= 11 is 1.59. The van der Waals surface area contributed by atoms with Gasteiger partial charge >= 0.3 is 5.97 Å². The Morgan fingerprint density at radius 2 is 2.05 bits per heavy atom. The van der Waals surface area contributed by atoms with Crippen LogP contribution in [0, 0.1) is 0 Å². The average Bonchev–Trinajstić information content (AvgIpc) is 3.05. The molecule has 2 fully saturated rings. The normalized spacial score (nSPS) is 27.1. The van der Waals surface area contributed by atoms with Crippen molar-refractivity contribution in [3.05, 3.63) is 0 Å². The van der Waals surface area contributed by atoms with Gasteiger partial charge in [0.15, 0.2) is 0 Å². The minimum absolute atomic E-state index is 0.0268. The van der Waals surface area contributed by atoms with Crippen LogP contribution in [0.15, 0.2) is 0 Å². The second-order valence-electron chi connectivity index (χ2n) is 5.59. The number of carbonyl (C=O) groups is 2. The van der Waals surface area contributed by atoms with Gasteiger partial charge in [-0.25, -0.2) is 4.79 Å². The van der Waals surface area contributed by atoms with Gasteiger partial charge in [-0.3, -0.25) is 4.79 Å². The number of rotatable bonds is 6. The Kier molecular flexibility index (Phi) is 5.72. The summed E-state index contributed by atoms with van der Waals surface area (Å²) in [7, 11) is 0. The molecule has 2 unspecified atom stereocenters. The first-order valence-corrected chi connectivity index (χ1v) is 8.57. The Labute approximate surface area is 124 Å². The predicted octanol–water partition coefficient (Wildman–Crippen LogP) is 1.67. The third kappa shape index (κ3) is 3.67. The van der Waals surface area contributed by atoms with Gasteiger partial charge in [-0.1, -0.05) is 26.2 Å². The molecule has 0 aromatic carbocycles. The van der Waals surface area contributed by atoms with Gasteiger partial charge in [0.05, 0.1) is 11.9 Å². The quantitative estimate of drug-likeness (QED) is 0.781. The smallest absolute Gasteiger partial charge is 0.327 e. The van der Waals surface area contributed by atoms with E-state index in [2.05, 4.69) is 12.2 Å². The summed E-state index contributed by atoms with van der Waals surface area (Å²) < 4.78 is 0. The van der Waals surface area contributed by atoms with Crippen molar-refractivity contribution >= 4 is 23.6 Å². The van der Waals surface area contributed by atoms with Crippen LogP contribution in [0.2, 0.25) is 0 Å². The van der Waals surface area contributed by atoms with Crippen LogP contribution in [0.5, 0.6) is 0 Å². The molecule has 0 aromatic heterocycles. The zero-order chi connectivity index (χ0) is 14.5. The van der Waals surface area contributed by atoms with E-state index in [0.717, 1.165) is 25.7 Å². The molecule has 1 saturated carbocycles. The lowest BCUT2D eigenvalue weighted by atomic mass is 10.2. The number of nitrogens with one attached hydrogen (secondary N) is 1. The Morgan fingerprint density at radius 1 is 1.35 bits per heavy atom. The van der Waals surface area contributed by atoms with Gasteiger partial charge < -0.3 is 15.3 Å². The van der Waals surface area contributed by atoms with E-state index in [1.54, 1.807) is 16.7 Å². The van der Waals surface area contributed by atoms with E-state index >= 15 is 0 Å². The van der Waals surface area contributed by atoms with E-state index in [-0.39, 0.29) is 17.8 Å². The molecule has 0 aromatic rings. The monoisotopic (exact) mass is 300 g/mol. The predicted molar refractivity (Wildman–Crippen MR) is 79.7 cm³/mol. The first-order chi connectivity index (χ1) is 9.63. The van der Waals surface area contributed by atoms with E-state index in [0.29, 0.717) is 11.8 Å². The van der Waals surface area contributed by atoms with Crippen molar-refractivity contribution in [2.45, 2.75) is 62.9 Å². The zero-order valence-electron chi connectivity index (χ0n) is 12.0. The molecule has 1 aliphatic carbocycles. The SMILES string of the molecule is CCCC1SCC(C(=O)O)N1C(=O)CNC1CCCC1. The topological polar surface area (TPSA) is 69.6 Å². The molecule has 0 spiro atoms. The number of hydrogen-bond acceptors (Lipinski definition) is 4. The molecule has 6 heteroatoms. The Bertz CT molecular complexity index is 358. The molecule has 2 atom stereocenters. The van der Waals surface area contributed by atoms with Crippen molar-refractivity contribution in [3.8, 4) is 0 Å². The fourth-order valence-corrected chi connectivity index (χ4v) is 4.55. The van der Waals surface area contributed by atoms with Gasteiger partial charge in [0, 0.05) is 11.8 Å². The summed E-state index contributed by atoms with van der Waals surface area (Å²) in [6.45, 7) is 2.34. The number of carboxylic acid groups (broad SMARTS) is 1. The van der Waals surface area contributed by atoms with Crippen molar-refractivity contribution in [1.82, 2.24) is 10.2 Å². The molecule has 1 heterocycles. The maximum atomic E-state index is 12.4. The van der Waals surface area contributed by atoms with Crippen LogP contribution in [-0.2, 0) is 9.59 Å². The lowest BCUT2D eigenvalue weighted by Gasteiger charge is -2.28. The molecular weight excluding hydrogens is 276 g/mol. The second-order valence-corrected chi connectivity index (χ2v) is 6.80. The number of hydrogen-bond donors (Lipinski definition) is 2. The zero-order valence-corrected chi connectivity index (χ0v) is 12.8. The molecule has 1 aliphatic heterocycles. The molecule has 5 nitrogen and oxygen atoms in total. The Hall–Kier alpha value is -0.750. The summed E-state index contributed by atoms with van der Waals surface area (Å²) in [6, 6.07) is -0.225. The number of amides is 1. The molecule has 2 aliphatic rings. The van der Waals surface area contributed by atoms with Gasteiger partial charge in [-0.05, 0) is 19.3 Å². The van der Waals surface area contributed by atoms with Crippen LogP contribution in [0.1, 0.15) is 45.4 Å². The lowest BCUT2D eigenvalue weighted by Crippen LogP contribution is -2.49. The van der Waals surface area contributed by atoms with Gasteiger partial charge in [0.1, 0.15) is 6.04 Å². The molecule has 0 bridgehead atoms. The number of thioether (sulfide) groups is 1. The standard InChI is InChI=1S/C14H24N2O3S/c1-2-5-13-16(11(9-20-13)14(18)19)12(17)8-15-10-6-3-4-7-10/h10-11,13,15H,2-9H2,1H3,(H,18,19). The van der Waals surface area contributed by atoms with Crippen molar-refractivity contribution in [1.29, 1.82) is 0 Å². The van der Waals surface area contributed by atoms with E-state index in [1.807, 2.05) is 0 Å². The average molecular weight is 300 g/mol. The number of aliphatic carboxylic acids is 1. The second kappa shape index (κ2) is 7.31. The fourth-order valence-electron chi connectivity index (χ4n) is 3.01. The minimum atomic E-state index is -0.884. The minimum Gasteiger partial charge on any atom is -0.480 e. The molecule has 2 N–H and O–H groups in total. The maximum absolute atomic E-state index is 12.4. The van der Waals surface area contributed by atoms with Gasteiger partial charge in [0.2, 0.25) is 5.91 Å². The lowest BCUT2D eigenvalue weighted by molar-refractivity contribution is -0.148. The number of nitrogens with zero attached hydrogens (tertiary/aromatic N) is 1. The Morgan fingerprint density at radius 3 is 2.65 bits per heavy atom. The van der Waals surface area contributed by atoms with Crippen LogP contribution < -0.4 is 5.32 Å². The molecular formula is C14H24N2O3S. The van der Waals surface area contributed by atoms with Crippen LogP contribution in [0.3, 0.4) is 0 Å². The fraction of sp³-hybridized carbons (Fsp3) is 0.857. The van der Waals surface area contributed by atoms with Crippen molar-refractivity contribution in [2.24, 2.45) is 0 Å². The summed E-state index contributed by atoms with van der Waals surface area (Å²) in [4.78, 5) is 25.3. The summed E-state index contributed by atoms with van der Waals surface area (Å²) in [5, 5.41) is 12.6. The van der Waals surface area contributed by atoms with Gasteiger partial charge in [-0.2, -0.15) is 0 Å². The molecule has 0 radical (unpaired) electrons. The third-order valence-corrected chi connectivity index (χ3v) is 5.45. The number of carboxylic acids is 1. The van der Waals surface area contributed by atoms with Crippen LogP contribution >= 0.6 is 11.8 Å². The summed E-state index contributed by atoms with van der Waals surface area (Å²) in [5.74, 6) is -0.437. The maximum Gasteiger partial charge on any atom is 0.327 e. The van der Waals surface area contributed by atoms with Gasteiger partial charge in [0.25, 0.3) is 0 Å². The van der Waals surface area contributed by atoms with Crippen molar-refractivity contribution in [3.63, 3.8) is 0 Å². The molecule has 1 saturated heterocycles. The summed E-state index contributed by atoms with van der Waals surface area (Å²) in [6.07, 6.45) is 6.53. The largest absolute Gasteiger partial charge is 0.480 e. The van der Waals surface area contributed by atoms with Crippen LogP contribution in [0.4, 0.5) is 0 Å². The third-order valence-electron chi connectivity index (χ3n) is 4.10. The van der Waals surface area contributed by atoms with E-state index in [4.69, 9.17) is 0 Å². The first-order valence-electron chi connectivity index (χ1n) is 7.52. The van der Waals surface area contributed by atoms with E-state index in [1.165, 1.54) is 12.8 Å². The molecule has 2 rings (SSSR count). The van der Waals surface area contributed by atoms with Crippen LogP contribution in [-0.4, -0.2) is 51.6 Å². The summed E-state index contributed by atoms with van der Waals surface area (Å²) in [5.41, 5.74) is 0. The highest BCUT2D eigenvalue weighted by Crippen LogP contribution is 2.32. The highest BCUT2D eigenvalue weighted by atomic mass is 32.2. The van der Waals surface area contributed by atoms with E-state index in [9.17, 15) is 14.7 Å². The number of carbonyl (C=O) groups excluding carboxylic acids is 1. The van der Waals surface area contributed by atoms with Crippen molar-refractivity contribution in [2.75, 3.05) is 12.3 Å². The first kappa shape index (κ1) is 15.6. The van der Waals surface area contributed by atoms with Crippen molar-refractivity contribution < 1.29 is 14.7 Å². The highest BCUT2D eigenvalue weighted by Gasteiger charge is 2.40. The van der Waals surface area contributed by atoms with E-state index < -0.39 is 12.0 Å². The van der Waals surface area contributed by atoms with Gasteiger partial charge in [-0.15, -0.1) is 11.8 Å².